The molecule has 0 saturated heterocycles. The lowest BCUT2D eigenvalue weighted by atomic mass is 10.1. The predicted octanol–water partition coefficient (Wildman–Crippen LogP) is 1.43. The minimum atomic E-state index is -0.928. The van der Waals surface area contributed by atoms with Crippen molar-refractivity contribution in [1.82, 2.24) is 9.78 Å². The van der Waals surface area contributed by atoms with Gasteiger partial charge in [-0.2, -0.15) is 5.10 Å². The molecular formula is C13H9F2N3O2. The van der Waals surface area contributed by atoms with Gasteiger partial charge in [-0.05, 0) is 6.07 Å². The summed E-state index contributed by atoms with van der Waals surface area (Å²) in [4.78, 5) is 24.7. The van der Waals surface area contributed by atoms with Crippen molar-refractivity contribution in [1.29, 1.82) is 0 Å². The SMILES string of the molecule is Cn1cc(CN2C(=O)C(=O)c3cc(F)cc(F)c32)cn1. The van der Waals surface area contributed by atoms with Crippen LogP contribution in [0, 0.1) is 11.6 Å². The first-order valence-corrected chi connectivity index (χ1v) is 5.80. The number of Topliss-reactive ketones (excluding diaryl/α,β-unsaturated/α-hetero) is 1. The van der Waals surface area contributed by atoms with Crippen LogP contribution in [0.2, 0.25) is 0 Å². The first kappa shape index (κ1) is 12.5. The molecule has 102 valence electrons. The maximum atomic E-state index is 13.8. The number of nitrogens with zero attached hydrogens (tertiary/aromatic N) is 3. The minimum Gasteiger partial charge on any atom is -0.297 e. The second kappa shape index (κ2) is 4.22. The van der Waals surface area contributed by atoms with Crippen LogP contribution in [0.25, 0.3) is 0 Å². The third-order valence-electron chi connectivity index (χ3n) is 3.08. The van der Waals surface area contributed by atoms with Crippen molar-refractivity contribution in [3.63, 3.8) is 0 Å². The number of rotatable bonds is 2. The molecule has 2 aromatic rings. The van der Waals surface area contributed by atoms with E-state index in [1.807, 2.05) is 0 Å². The fraction of sp³-hybridized carbons (Fsp3) is 0.154. The number of carbonyl (C=O) groups is 2. The molecule has 7 heteroatoms. The zero-order chi connectivity index (χ0) is 14.4. The highest BCUT2D eigenvalue weighted by atomic mass is 19.1. The quantitative estimate of drug-likeness (QED) is 0.780. The highest BCUT2D eigenvalue weighted by Gasteiger charge is 2.38. The van der Waals surface area contributed by atoms with Crippen LogP contribution in [0.3, 0.4) is 0 Å². The van der Waals surface area contributed by atoms with Crippen LogP contribution in [0.4, 0.5) is 14.5 Å². The van der Waals surface area contributed by atoms with Gasteiger partial charge in [0.1, 0.15) is 5.82 Å². The summed E-state index contributed by atoms with van der Waals surface area (Å²) in [5.41, 5.74) is 0.229. The molecule has 0 aliphatic carbocycles. The summed E-state index contributed by atoms with van der Waals surface area (Å²) >= 11 is 0. The van der Waals surface area contributed by atoms with Crippen molar-refractivity contribution in [2.75, 3.05) is 4.90 Å². The molecule has 0 bridgehead atoms. The van der Waals surface area contributed by atoms with Gasteiger partial charge in [0, 0.05) is 24.9 Å². The molecule has 0 spiro atoms. The van der Waals surface area contributed by atoms with Crippen molar-refractivity contribution in [3.8, 4) is 0 Å². The van der Waals surface area contributed by atoms with E-state index in [9.17, 15) is 18.4 Å². The number of hydrogen-bond donors (Lipinski definition) is 0. The van der Waals surface area contributed by atoms with E-state index < -0.39 is 23.3 Å². The van der Waals surface area contributed by atoms with Crippen molar-refractivity contribution in [2.45, 2.75) is 6.54 Å². The number of aromatic nitrogens is 2. The van der Waals surface area contributed by atoms with E-state index in [0.29, 0.717) is 11.6 Å². The maximum absolute atomic E-state index is 13.8. The molecule has 20 heavy (non-hydrogen) atoms. The standard InChI is InChI=1S/C13H9F2N3O2/c1-17-5-7(4-16-17)6-18-11-9(12(19)13(18)20)2-8(14)3-10(11)15/h2-5H,6H2,1H3. The average molecular weight is 277 g/mol. The van der Waals surface area contributed by atoms with E-state index in [-0.39, 0.29) is 17.8 Å². The van der Waals surface area contributed by atoms with Gasteiger partial charge in [0.2, 0.25) is 0 Å². The second-order valence-electron chi connectivity index (χ2n) is 4.53. The lowest BCUT2D eigenvalue weighted by Crippen LogP contribution is -2.29. The Balaban J connectivity index is 2.06. The molecule has 0 radical (unpaired) electrons. The van der Waals surface area contributed by atoms with Gasteiger partial charge in [0.25, 0.3) is 11.7 Å². The Morgan fingerprint density at radius 1 is 1.25 bits per heavy atom. The Morgan fingerprint density at radius 2 is 2.00 bits per heavy atom. The van der Waals surface area contributed by atoms with E-state index in [4.69, 9.17) is 0 Å². The summed E-state index contributed by atoms with van der Waals surface area (Å²) in [6.07, 6.45) is 3.16. The topological polar surface area (TPSA) is 55.2 Å². The van der Waals surface area contributed by atoms with Crippen molar-refractivity contribution in [2.24, 2.45) is 7.05 Å². The number of halogens is 2. The maximum Gasteiger partial charge on any atom is 0.299 e. The highest BCUT2D eigenvalue weighted by Crippen LogP contribution is 2.33. The van der Waals surface area contributed by atoms with Crippen LogP contribution in [0.1, 0.15) is 15.9 Å². The van der Waals surface area contributed by atoms with E-state index in [1.165, 1.54) is 10.9 Å². The number of amides is 1. The highest BCUT2D eigenvalue weighted by molar-refractivity contribution is 6.52. The number of carbonyl (C=O) groups excluding carboxylic acids is 2. The van der Waals surface area contributed by atoms with Crippen molar-refractivity contribution in [3.05, 3.63) is 47.3 Å². The predicted molar refractivity (Wildman–Crippen MR) is 65.1 cm³/mol. The number of benzene rings is 1. The van der Waals surface area contributed by atoms with Gasteiger partial charge in [-0.25, -0.2) is 8.78 Å². The van der Waals surface area contributed by atoms with Gasteiger partial charge < -0.3 is 0 Å². The summed E-state index contributed by atoms with van der Waals surface area (Å²) in [5, 5.41) is 3.94. The Bertz CT molecular complexity index is 739. The van der Waals surface area contributed by atoms with E-state index >= 15 is 0 Å². The molecule has 1 aromatic heterocycles. The van der Waals surface area contributed by atoms with Crippen LogP contribution >= 0.6 is 0 Å². The number of hydrogen-bond acceptors (Lipinski definition) is 3. The molecule has 0 saturated carbocycles. The molecule has 0 atom stereocenters. The summed E-state index contributed by atoms with van der Waals surface area (Å²) in [7, 11) is 1.70. The van der Waals surface area contributed by atoms with E-state index in [1.54, 1.807) is 13.2 Å². The number of fused-ring (bicyclic) bond motifs is 1. The zero-order valence-corrected chi connectivity index (χ0v) is 10.4. The molecule has 1 amide bonds. The fourth-order valence-corrected chi connectivity index (χ4v) is 2.24. The van der Waals surface area contributed by atoms with E-state index in [0.717, 1.165) is 11.0 Å². The largest absolute Gasteiger partial charge is 0.299 e. The summed E-state index contributed by atoms with van der Waals surface area (Å²) in [6, 6.07) is 1.53. The Hall–Kier alpha value is -2.57. The molecule has 3 rings (SSSR count). The number of anilines is 1. The lowest BCUT2D eigenvalue weighted by Gasteiger charge is -2.15. The Morgan fingerprint density at radius 3 is 2.65 bits per heavy atom. The van der Waals surface area contributed by atoms with Gasteiger partial charge in [0.15, 0.2) is 5.82 Å². The summed E-state index contributed by atoms with van der Waals surface area (Å²) in [5.74, 6) is -3.58. The molecular weight excluding hydrogens is 268 g/mol. The average Bonchev–Trinajstić information content (AvgIpc) is 2.88. The molecule has 1 aliphatic heterocycles. The molecule has 0 N–H and O–H groups in total. The van der Waals surface area contributed by atoms with Crippen LogP contribution in [-0.4, -0.2) is 21.5 Å². The van der Waals surface area contributed by atoms with Crippen molar-refractivity contribution >= 4 is 17.4 Å². The van der Waals surface area contributed by atoms with Gasteiger partial charge in [0.05, 0.1) is 24.0 Å². The Kier molecular flexibility index (Phi) is 2.63. The van der Waals surface area contributed by atoms with E-state index in [2.05, 4.69) is 5.10 Å². The molecule has 5 nitrogen and oxygen atoms in total. The first-order valence-electron chi connectivity index (χ1n) is 5.80. The van der Waals surface area contributed by atoms with Gasteiger partial charge in [-0.3, -0.25) is 19.2 Å². The second-order valence-corrected chi connectivity index (χ2v) is 4.53. The lowest BCUT2D eigenvalue weighted by molar-refractivity contribution is -0.114. The minimum absolute atomic E-state index is 0.00790. The molecule has 1 aliphatic rings. The zero-order valence-electron chi connectivity index (χ0n) is 10.4. The first-order chi connectivity index (χ1) is 9.47. The Labute approximate surface area is 112 Å². The third-order valence-corrected chi connectivity index (χ3v) is 3.08. The third kappa shape index (κ3) is 1.78. The molecule has 0 fully saturated rings. The van der Waals surface area contributed by atoms with Gasteiger partial charge in [-0.1, -0.05) is 0 Å². The van der Waals surface area contributed by atoms with Crippen LogP contribution in [-0.2, 0) is 18.4 Å². The monoisotopic (exact) mass is 277 g/mol. The normalized spacial score (nSPS) is 14.1. The van der Waals surface area contributed by atoms with Crippen LogP contribution < -0.4 is 4.90 Å². The fourth-order valence-electron chi connectivity index (χ4n) is 2.24. The van der Waals surface area contributed by atoms with Crippen LogP contribution in [0.5, 0.6) is 0 Å². The number of aryl methyl sites for hydroxylation is 1. The van der Waals surface area contributed by atoms with Crippen molar-refractivity contribution < 1.29 is 18.4 Å². The molecule has 0 unspecified atom stereocenters. The van der Waals surface area contributed by atoms with Gasteiger partial charge in [-0.15, -0.1) is 0 Å². The summed E-state index contributed by atoms with van der Waals surface area (Å²) in [6.45, 7) is 0.00790. The molecule has 1 aromatic carbocycles. The smallest absolute Gasteiger partial charge is 0.297 e. The number of ketones is 1. The van der Waals surface area contributed by atoms with Crippen LogP contribution in [0.15, 0.2) is 24.5 Å². The molecule has 2 heterocycles. The van der Waals surface area contributed by atoms with Gasteiger partial charge >= 0.3 is 0 Å². The summed E-state index contributed by atoms with van der Waals surface area (Å²) < 4.78 is 28.5.